The molecule has 0 bridgehead atoms. The number of rotatable bonds is 1. The lowest BCUT2D eigenvalue weighted by Crippen LogP contribution is -2.37. The Morgan fingerprint density at radius 3 is 2.45 bits per heavy atom. The second-order valence-electron chi connectivity index (χ2n) is 5.00. The van der Waals surface area contributed by atoms with E-state index in [1.54, 1.807) is 0 Å². The quantitative estimate of drug-likeness (QED) is 0.808. The zero-order chi connectivity index (χ0) is 14.1. The summed E-state index contributed by atoms with van der Waals surface area (Å²) in [6.45, 7) is 5.56. The summed E-state index contributed by atoms with van der Waals surface area (Å²) in [5.74, 6) is 2.15. The van der Waals surface area contributed by atoms with Crippen molar-refractivity contribution >= 4 is 28.7 Å². The van der Waals surface area contributed by atoms with Crippen LogP contribution in [0.2, 0.25) is 0 Å². The van der Waals surface area contributed by atoms with E-state index in [2.05, 4.69) is 9.97 Å². The molecule has 20 heavy (non-hydrogen) atoms. The maximum atomic E-state index is 12.5. The third-order valence-electron chi connectivity index (χ3n) is 3.62. The summed E-state index contributed by atoms with van der Waals surface area (Å²) in [4.78, 5) is 23.4. The molecule has 4 nitrogen and oxygen atoms in total. The van der Waals surface area contributed by atoms with Gasteiger partial charge in [-0.1, -0.05) is 0 Å². The first-order chi connectivity index (χ1) is 9.65. The Labute approximate surface area is 122 Å². The molecule has 0 spiro atoms. The number of hydrogen-bond donors (Lipinski definition) is 0. The second kappa shape index (κ2) is 5.40. The lowest BCUT2D eigenvalue weighted by Gasteiger charge is -2.26. The summed E-state index contributed by atoms with van der Waals surface area (Å²) in [7, 11) is 0. The largest absolute Gasteiger partial charge is 0.337 e. The van der Waals surface area contributed by atoms with Gasteiger partial charge in [-0.3, -0.25) is 4.79 Å². The predicted molar refractivity (Wildman–Crippen MR) is 82.2 cm³/mol. The van der Waals surface area contributed by atoms with Gasteiger partial charge in [0.2, 0.25) is 0 Å². The van der Waals surface area contributed by atoms with Crippen LogP contribution in [0.5, 0.6) is 0 Å². The average molecular weight is 287 g/mol. The van der Waals surface area contributed by atoms with Gasteiger partial charge in [-0.15, -0.1) is 0 Å². The van der Waals surface area contributed by atoms with Crippen LogP contribution in [0.25, 0.3) is 11.0 Å². The van der Waals surface area contributed by atoms with Gasteiger partial charge < -0.3 is 4.90 Å². The lowest BCUT2D eigenvalue weighted by molar-refractivity contribution is 0.0772. The SMILES string of the molecule is Cc1nc2ccc(C(=O)N3CCSCC3)cc2nc1C. The summed E-state index contributed by atoms with van der Waals surface area (Å²) >= 11 is 1.90. The molecule has 1 aromatic carbocycles. The van der Waals surface area contributed by atoms with Crippen molar-refractivity contribution < 1.29 is 4.79 Å². The molecule has 3 rings (SSSR count). The normalized spacial score (nSPS) is 15.6. The Morgan fingerprint density at radius 1 is 1.10 bits per heavy atom. The van der Waals surface area contributed by atoms with Crippen molar-refractivity contribution in [1.82, 2.24) is 14.9 Å². The lowest BCUT2D eigenvalue weighted by atomic mass is 10.1. The number of carbonyl (C=O) groups excluding carboxylic acids is 1. The van der Waals surface area contributed by atoms with Crippen molar-refractivity contribution in [3.63, 3.8) is 0 Å². The number of aromatic nitrogens is 2. The van der Waals surface area contributed by atoms with E-state index >= 15 is 0 Å². The number of carbonyl (C=O) groups is 1. The van der Waals surface area contributed by atoms with Crippen LogP contribution in [0.3, 0.4) is 0 Å². The van der Waals surface area contributed by atoms with Gasteiger partial charge in [0.15, 0.2) is 0 Å². The molecule has 1 fully saturated rings. The summed E-state index contributed by atoms with van der Waals surface area (Å²) < 4.78 is 0. The third kappa shape index (κ3) is 2.50. The number of aryl methyl sites for hydroxylation is 2. The molecule has 1 saturated heterocycles. The molecular weight excluding hydrogens is 270 g/mol. The van der Waals surface area contributed by atoms with Gasteiger partial charge in [0, 0.05) is 30.2 Å². The van der Waals surface area contributed by atoms with Crippen LogP contribution >= 0.6 is 11.8 Å². The van der Waals surface area contributed by atoms with Crippen molar-refractivity contribution in [1.29, 1.82) is 0 Å². The first-order valence-corrected chi connectivity index (χ1v) is 7.92. The van der Waals surface area contributed by atoms with E-state index in [0.29, 0.717) is 5.56 Å². The highest BCUT2D eigenvalue weighted by Crippen LogP contribution is 2.17. The molecule has 0 atom stereocenters. The highest BCUT2D eigenvalue weighted by Gasteiger charge is 2.18. The number of hydrogen-bond acceptors (Lipinski definition) is 4. The van der Waals surface area contributed by atoms with Gasteiger partial charge in [0.1, 0.15) is 0 Å². The average Bonchev–Trinajstić information content (AvgIpc) is 2.48. The van der Waals surface area contributed by atoms with Crippen molar-refractivity contribution in [2.45, 2.75) is 13.8 Å². The van der Waals surface area contributed by atoms with Crippen LogP contribution in [0.4, 0.5) is 0 Å². The zero-order valence-electron chi connectivity index (χ0n) is 11.7. The Bertz CT molecular complexity index is 665. The first kappa shape index (κ1) is 13.4. The summed E-state index contributed by atoms with van der Waals surface area (Å²) in [5.41, 5.74) is 4.20. The number of nitrogens with zero attached hydrogens (tertiary/aromatic N) is 3. The number of thioether (sulfide) groups is 1. The Balaban J connectivity index is 1.95. The van der Waals surface area contributed by atoms with Crippen molar-refractivity contribution in [2.24, 2.45) is 0 Å². The van der Waals surface area contributed by atoms with Crippen LogP contribution in [-0.2, 0) is 0 Å². The van der Waals surface area contributed by atoms with E-state index in [-0.39, 0.29) is 5.91 Å². The van der Waals surface area contributed by atoms with Crippen molar-refractivity contribution in [3.8, 4) is 0 Å². The van der Waals surface area contributed by atoms with Gasteiger partial charge in [0.25, 0.3) is 5.91 Å². The van der Waals surface area contributed by atoms with Crippen molar-refractivity contribution in [3.05, 3.63) is 35.2 Å². The molecule has 0 unspecified atom stereocenters. The molecule has 0 aliphatic carbocycles. The maximum Gasteiger partial charge on any atom is 0.253 e. The van der Waals surface area contributed by atoms with Gasteiger partial charge in [-0.25, -0.2) is 9.97 Å². The van der Waals surface area contributed by atoms with E-state index < -0.39 is 0 Å². The molecule has 2 heterocycles. The fraction of sp³-hybridized carbons (Fsp3) is 0.400. The fourth-order valence-electron chi connectivity index (χ4n) is 2.31. The van der Waals surface area contributed by atoms with Crippen LogP contribution < -0.4 is 0 Å². The minimum Gasteiger partial charge on any atom is -0.337 e. The van der Waals surface area contributed by atoms with Crippen LogP contribution in [0.1, 0.15) is 21.7 Å². The molecule has 1 amide bonds. The number of benzene rings is 1. The molecule has 1 aliphatic rings. The minimum absolute atomic E-state index is 0.104. The highest BCUT2D eigenvalue weighted by atomic mass is 32.2. The van der Waals surface area contributed by atoms with Crippen LogP contribution in [-0.4, -0.2) is 45.4 Å². The second-order valence-corrected chi connectivity index (χ2v) is 6.23. The van der Waals surface area contributed by atoms with Gasteiger partial charge in [0.05, 0.1) is 22.4 Å². The van der Waals surface area contributed by atoms with Crippen LogP contribution in [0.15, 0.2) is 18.2 Å². The Morgan fingerprint density at radius 2 is 1.75 bits per heavy atom. The van der Waals surface area contributed by atoms with E-state index in [9.17, 15) is 4.79 Å². The van der Waals surface area contributed by atoms with E-state index in [1.165, 1.54) is 0 Å². The number of fused-ring (bicyclic) bond motifs is 1. The topological polar surface area (TPSA) is 46.1 Å². The fourth-order valence-corrected chi connectivity index (χ4v) is 3.22. The summed E-state index contributed by atoms with van der Waals surface area (Å²) in [6, 6.07) is 5.61. The molecule has 0 N–H and O–H groups in total. The van der Waals surface area contributed by atoms with E-state index in [1.807, 2.05) is 48.7 Å². The third-order valence-corrected chi connectivity index (χ3v) is 4.56. The Kier molecular flexibility index (Phi) is 3.61. The smallest absolute Gasteiger partial charge is 0.253 e. The first-order valence-electron chi connectivity index (χ1n) is 6.77. The predicted octanol–water partition coefficient (Wildman–Crippen LogP) is 2.44. The maximum absolute atomic E-state index is 12.5. The minimum atomic E-state index is 0.104. The van der Waals surface area contributed by atoms with Gasteiger partial charge >= 0.3 is 0 Å². The van der Waals surface area contributed by atoms with E-state index in [4.69, 9.17) is 0 Å². The van der Waals surface area contributed by atoms with Gasteiger partial charge in [-0.05, 0) is 32.0 Å². The molecular formula is C15H17N3OS. The molecule has 1 aromatic heterocycles. The monoisotopic (exact) mass is 287 g/mol. The molecule has 0 saturated carbocycles. The van der Waals surface area contributed by atoms with Crippen LogP contribution in [0, 0.1) is 13.8 Å². The molecule has 104 valence electrons. The molecule has 0 radical (unpaired) electrons. The standard InChI is InChI=1S/C15H17N3OS/c1-10-11(2)17-14-9-12(3-4-13(14)16-10)15(19)18-5-7-20-8-6-18/h3-4,9H,5-8H2,1-2H3. The van der Waals surface area contributed by atoms with E-state index in [0.717, 1.165) is 47.0 Å². The summed E-state index contributed by atoms with van der Waals surface area (Å²) in [6.07, 6.45) is 0. The van der Waals surface area contributed by atoms with Crippen molar-refractivity contribution in [2.75, 3.05) is 24.6 Å². The molecule has 2 aromatic rings. The summed E-state index contributed by atoms with van der Waals surface area (Å²) in [5, 5.41) is 0. The highest BCUT2D eigenvalue weighted by molar-refractivity contribution is 7.99. The number of amides is 1. The Hall–Kier alpha value is -1.62. The molecule has 5 heteroatoms. The van der Waals surface area contributed by atoms with Gasteiger partial charge in [-0.2, -0.15) is 11.8 Å². The molecule has 1 aliphatic heterocycles. The zero-order valence-corrected chi connectivity index (χ0v) is 12.5.